The molecule has 0 heterocycles. The first-order chi connectivity index (χ1) is 15.3. The van der Waals surface area contributed by atoms with Gasteiger partial charge in [-0.1, -0.05) is 41.9 Å². The number of rotatable bonds is 8. The Morgan fingerprint density at radius 1 is 0.875 bits per heavy atom. The van der Waals surface area contributed by atoms with E-state index < -0.39 is 0 Å². The number of nitrogens with one attached hydrogen (secondary N) is 2. The molecule has 0 saturated carbocycles. The van der Waals surface area contributed by atoms with Gasteiger partial charge in [-0.15, -0.1) is 0 Å². The molecule has 0 unspecified atom stereocenters. The van der Waals surface area contributed by atoms with E-state index in [4.69, 9.17) is 21.1 Å². The number of hydrogen-bond acceptors (Lipinski definition) is 4. The molecular weight excluding hydrogens is 428 g/mol. The summed E-state index contributed by atoms with van der Waals surface area (Å²) >= 11 is 6.14. The molecule has 166 valence electrons. The van der Waals surface area contributed by atoms with Crippen molar-refractivity contribution in [3.05, 3.63) is 82.9 Å². The minimum atomic E-state index is -0.370. The molecule has 0 fully saturated rings. The molecule has 3 aromatic rings. The molecule has 0 aliphatic carbocycles. The van der Waals surface area contributed by atoms with Gasteiger partial charge in [0, 0.05) is 10.7 Å². The van der Waals surface area contributed by atoms with Gasteiger partial charge in [-0.2, -0.15) is 0 Å². The maximum Gasteiger partial charge on any atom is 0.262 e. The van der Waals surface area contributed by atoms with Crippen molar-refractivity contribution < 1.29 is 19.1 Å². The number of hydrogen-bond donors (Lipinski definition) is 2. The van der Waals surface area contributed by atoms with Crippen LogP contribution in [0.1, 0.15) is 29.8 Å². The lowest BCUT2D eigenvalue weighted by molar-refractivity contribution is -0.118. The Morgan fingerprint density at radius 2 is 1.53 bits per heavy atom. The summed E-state index contributed by atoms with van der Waals surface area (Å²) in [5.74, 6) is 0.145. The average molecular weight is 453 g/mol. The first-order valence-electron chi connectivity index (χ1n) is 10.2. The van der Waals surface area contributed by atoms with Gasteiger partial charge in [0.15, 0.2) is 6.61 Å². The number of para-hydroxylation sites is 3. The molecule has 0 bridgehead atoms. The fraction of sp³-hybridized carbons (Fsp3) is 0.200. The lowest BCUT2D eigenvalue weighted by Crippen LogP contribution is -2.22. The van der Waals surface area contributed by atoms with Crippen LogP contribution in [-0.4, -0.2) is 24.5 Å². The summed E-state index contributed by atoms with van der Waals surface area (Å²) < 4.78 is 11.4. The fourth-order valence-corrected chi connectivity index (χ4v) is 3.14. The Labute approximate surface area is 192 Å². The van der Waals surface area contributed by atoms with Gasteiger partial charge in [-0.25, -0.2) is 0 Å². The van der Waals surface area contributed by atoms with Gasteiger partial charge in [0.2, 0.25) is 0 Å². The van der Waals surface area contributed by atoms with Crippen LogP contribution in [0.2, 0.25) is 5.02 Å². The van der Waals surface area contributed by atoms with E-state index in [1.165, 1.54) is 0 Å². The SMILES string of the molecule is Cc1c(Cl)cccc1NC(=O)c1ccccc1OCC(=O)Nc1ccccc1OC(C)C. The van der Waals surface area contributed by atoms with E-state index in [0.29, 0.717) is 33.5 Å². The third-order valence-electron chi connectivity index (χ3n) is 4.53. The van der Waals surface area contributed by atoms with Crippen molar-refractivity contribution in [1.29, 1.82) is 0 Å². The third-order valence-corrected chi connectivity index (χ3v) is 4.94. The summed E-state index contributed by atoms with van der Waals surface area (Å²) in [5, 5.41) is 6.19. The predicted molar refractivity (Wildman–Crippen MR) is 127 cm³/mol. The lowest BCUT2D eigenvalue weighted by atomic mass is 10.1. The molecule has 2 N–H and O–H groups in total. The molecule has 32 heavy (non-hydrogen) atoms. The molecule has 0 saturated heterocycles. The standard InChI is InChI=1S/C25H25ClN2O4/c1-16(2)32-23-14-7-5-11-21(23)27-24(29)15-31-22-13-6-4-9-18(22)25(30)28-20-12-8-10-19(26)17(20)3/h4-14,16H,15H2,1-3H3,(H,27,29)(H,28,30). The first-order valence-corrected chi connectivity index (χ1v) is 10.6. The van der Waals surface area contributed by atoms with Crippen LogP contribution in [-0.2, 0) is 4.79 Å². The number of carbonyl (C=O) groups is 2. The van der Waals surface area contributed by atoms with Gasteiger partial charge in [-0.05, 0) is 62.7 Å². The van der Waals surface area contributed by atoms with Crippen LogP contribution >= 0.6 is 11.6 Å². The zero-order valence-corrected chi connectivity index (χ0v) is 18.9. The smallest absolute Gasteiger partial charge is 0.262 e. The van der Waals surface area contributed by atoms with Gasteiger partial charge in [0.05, 0.1) is 17.4 Å². The summed E-state index contributed by atoms with van der Waals surface area (Å²) in [6.07, 6.45) is -0.0298. The highest BCUT2D eigenvalue weighted by Gasteiger charge is 2.16. The molecule has 0 atom stereocenters. The highest BCUT2D eigenvalue weighted by molar-refractivity contribution is 6.31. The van der Waals surface area contributed by atoms with Crippen molar-refractivity contribution in [3.63, 3.8) is 0 Å². The van der Waals surface area contributed by atoms with E-state index in [1.54, 1.807) is 60.7 Å². The Balaban J connectivity index is 1.67. The quantitative estimate of drug-likeness (QED) is 0.459. The van der Waals surface area contributed by atoms with Crippen molar-refractivity contribution in [2.75, 3.05) is 17.2 Å². The zero-order chi connectivity index (χ0) is 23.1. The van der Waals surface area contributed by atoms with Crippen molar-refractivity contribution >= 4 is 34.8 Å². The Morgan fingerprint density at radius 3 is 2.28 bits per heavy atom. The number of anilines is 2. The molecule has 0 radical (unpaired) electrons. The van der Waals surface area contributed by atoms with Crippen LogP contribution in [0.15, 0.2) is 66.7 Å². The molecule has 3 aromatic carbocycles. The van der Waals surface area contributed by atoms with E-state index in [2.05, 4.69) is 10.6 Å². The highest BCUT2D eigenvalue weighted by atomic mass is 35.5. The lowest BCUT2D eigenvalue weighted by Gasteiger charge is -2.15. The number of carbonyl (C=O) groups excluding carboxylic acids is 2. The number of halogens is 1. The fourth-order valence-electron chi connectivity index (χ4n) is 2.97. The molecule has 0 aliphatic heterocycles. The predicted octanol–water partition coefficient (Wildman–Crippen LogP) is 5.71. The third kappa shape index (κ3) is 6.02. The van der Waals surface area contributed by atoms with Gasteiger partial charge in [0.25, 0.3) is 11.8 Å². The van der Waals surface area contributed by atoms with E-state index >= 15 is 0 Å². The summed E-state index contributed by atoms with van der Waals surface area (Å²) in [4.78, 5) is 25.3. The monoisotopic (exact) mass is 452 g/mol. The van der Waals surface area contributed by atoms with E-state index in [-0.39, 0.29) is 24.5 Å². The Bertz CT molecular complexity index is 1110. The summed E-state index contributed by atoms with van der Waals surface area (Å²) in [5.41, 5.74) is 2.24. The molecule has 2 amide bonds. The van der Waals surface area contributed by atoms with Crippen LogP contribution in [0.25, 0.3) is 0 Å². The van der Waals surface area contributed by atoms with Gasteiger partial charge < -0.3 is 20.1 Å². The summed E-state index contributed by atoms with van der Waals surface area (Å²) in [6.45, 7) is 5.38. The molecule has 7 heteroatoms. The van der Waals surface area contributed by atoms with E-state index in [9.17, 15) is 9.59 Å². The maximum absolute atomic E-state index is 12.8. The minimum absolute atomic E-state index is 0.0298. The van der Waals surface area contributed by atoms with Crippen molar-refractivity contribution in [1.82, 2.24) is 0 Å². The molecule has 0 aliphatic rings. The Kier molecular flexibility index (Phi) is 7.73. The second kappa shape index (κ2) is 10.7. The van der Waals surface area contributed by atoms with Gasteiger partial charge in [0.1, 0.15) is 11.5 Å². The van der Waals surface area contributed by atoms with E-state index in [0.717, 1.165) is 5.56 Å². The largest absolute Gasteiger partial charge is 0.489 e. The number of ether oxygens (including phenoxy) is 2. The molecule has 0 spiro atoms. The minimum Gasteiger partial charge on any atom is -0.489 e. The maximum atomic E-state index is 12.8. The van der Waals surface area contributed by atoms with E-state index in [1.807, 2.05) is 26.8 Å². The van der Waals surface area contributed by atoms with Crippen LogP contribution in [0.5, 0.6) is 11.5 Å². The molecular formula is C25H25ClN2O4. The van der Waals surface area contributed by atoms with Crippen molar-refractivity contribution in [2.24, 2.45) is 0 Å². The number of benzene rings is 3. The number of amides is 2. The van der Waals surface area contributed by atoms with Crippen molar-refractivity contribution in [2.45, 2.75) is 26.9 Å². The van der Waals surface area contributed by atoms with Crippen molar-refractivity contribution in [3.8, 4) is 11.5 Å². The van der Waals surface area contributed by atoms with Crippen LogP contribution in [0, 0.1) is 6.92 Å². The second-order valence-electron chi connectivity index (χ2n) is 7.36. The molecule has 3 rings (SSSR count). The second-order valence-corrected chi connectivity index (χ2v) is 7.77. The Hall–Kier alpha value is -3.51. The molecule has 0 aromatic heterocycles. The first kappa shape index (κ1) is 23.2. The van der Waals surface area contributed by atoms with Gasteiger partial charge >= 0.3 is 0 Å². The summed E-state index contributed by atoms with van der Waals surface area (Å²) in [6, 6.07) is 19.2. The average Bonchev–Trinajstić information content (AvgIpc) is 2.76. The summed E-state index contributed by atoms with van der Waals surface area (Å²) in [7, 11) is 0. The zero-order valence-electron chi connectivity index (χ0n) is 18.1. The van der Waals surface area contributed by atoms with Crippen LogP contribution in [0.3, 0.4) is 0 Å². The van der Waals surface area contributed by atoms with Crippen LogP contribution < -0.4 is 20.1 Å². The van der Waals surface area contributed by atoms with Gasteiger partial charge in [-0.3, -0.25) is 9.59 Å². The molecule has 6 nitrogen and oxygen atoms in total. The topological polar surface area (TPSA) is 76.7 Å². The normalized spacial score (nSPS) is 10.5. The van der Waals surface area contributed by atoms with Crippen LogP contribution in [0.4, 0.5) is 11.4 Å². The highest BCUT2D eigenvalue weighted by Crippen LogP contribution is 2.26.